The number of carbonyl (C=O) groups is 3. The van der Waals surface area contributed by atoms with Gasteiger partial charge in [-0.2, -0.15) is 5.48 Å². The van der Waals surface area contributed by atoms with Gasteiger partial charge in [-0.25, -0.2) is 4.79 Å². The summed E-state index contributed by atoms with van der Waals surface area (Å²) in [7, 11) is 0. The van der Waals surface area contributed by atoms with Crippen LogP contribution >= 0.6 is 12.4 Å². The Kier molecular flexibility index (Phi) is 22.8. The SMILES string of the molecule is CCCCCCCCCCCCCCCC(=O)NOC(=O)[C@H](N)CCCC(=O)OCc1ccccc1.Cl. The van der Waals surface area contributed by atoms with E-state index in [1.54, 1.807) is 0 Å². The van der Waals surface area contributed by atoms with E-state index >= 15 is 0 Å². The van der Waals surface area contributed by atoms with Crippen LogP contribution in [-0.2, 0) is 30.6 Å². The van der Waals surface area contributed by atoms with Crippen LogP contribution in [0.15, 0.2) is 30.3 Å². The van der Waals surface area contributed by atoms with Gasteiger partial charge in [0.1, 0.15) is 12.6 Å². The Morgan fingerprint density at radius 1 is 0.784 bits per heavy atom. The number of unbranched alkanes of at least 4 members (excludes halogenated alkanes) is 12. The topological polar surface area (TPSA) is 108 Å². The van der Waals surface area contributed by atoms with Gasteiger partial charge in [-0.05, 0) is 24.8 Å². The molecular weight excluding hydrogens is 492 g/mol. The van der Waals surface area contributed by atoms with Gasteiger partial charge in [-0.15, -0.1) is 12.4 Å². The fourth-order valence-corrected chi connectivity index (χ4v) is 3.93. The van der Waals surface area contributed by atoms with E-state index < -0.39 is 12.0 Å². The first-order chi connectivity index (χ1) is 17.5. The molecule has 1 aromatic carbocycles. The molecule has 8 heteroatoms. The van der Waals surface area contributed by atoms with Crippen LogP contribution in [0.5, 0.6) is 0 Å². The van der Waals surface area contributed by atoms with E-state index in [2.05, 4.69) is 12.4 Å². The Labute approximate surface area is 230 Å². The van der Waals surface area contributed by atoms with E-state index in [4.69, 9.17) is 15.3 Å². The Morgan fingerprint density at radius 3 is 1.89 bits per heavy atom. The fourth-order valence-electron chi connectivity index (χ4n) is 3.93. The fraction of sp³-hybridized carbons (Fsp3) is 0.690. The molecule has 0 saturated heterocycles. The molecule has 0 fully saturated rings. The zero-order valence-electron chi connectivity index (χ0n) is 22.7. The highest BCUT2D eigenvalue weighted by molar-refractivity contribution is 5.85. The highest BCUT2D eigenvalue weighted by Gasteiger charge is 2.17. The summed E-state index contributed by atoms with van der Waals surface area (Å²) in [4.78, 5) is 40.4. The number of esters is 1. The van der Waals surface area contributed by atoms with Gasteiger partial charge in [0.15, 0.2) is 0 Å². The zero-order valence-corrected chi connectivity index (χ0v) is 23.5. The second-order valence-corrected chi connectivity index (χ2v) is 9.58. The molecule has 0 unspecified atom stereocenters. The normalized spacial score (nSPS) is 11.3. The van der Waals surface area contributed by atoms with Gasteiger partial charge in [0.25, 0.3) is 5.91 Å². The molecule has 0 radical (unpaired) electrons. The quantitative estimate of drug-likeness (QED) is 0.102. The zero-order chi connectivity index (χ0) is 26.3. The standard InChI is InChI=1S/C29H48N2O5.ClH/c1-2-3-4-5-6-7-8-9-10-11-12-13-17-22-27(32)31-36-29(34)26(30)21-18-23-28(33)35-24-25-19-15-14-16-20-25;/h14-16,19-20,26H,2-13,17-18,21-24,30H2,1H3,(H,31,32);1H/t26-;/m1./s1. The maximum absolute atomic E-state index is 11.9. The third-order valence-corrected chi connectivity index (χ3v) is 6.21. The number of halogens is 1. The van der Waals surface area contributed by atoms with Crippen LogP contribution in [0.3, 0.4) is 0 Å². The Hall–Kier alpha value is -2.12. The van der Waals surface area contributed by atoms with Gasteiger partial charge in [-0.1, -0.05) is 114 Å². The van der Waals surface area contributed by atoms with E-state index in [1.165, 1.54) is 64.2 Å². The number of nitrogens with two attached hydrogens (primary N) is 1. The molecule has 0 bridgehead atoms. The summed E-state index contributed by atoms with van der Waals surface area (Å²) in [6.07, 6.45) is 17.3. The predicted molar refractivity (Wildman–Crippen MR) is 150 cm³/mol. The first-order valence-electron chi connectivity index (χ1n) is 14.0. The summed E-state index contributed by atoms with van der Waals surface area (Å²) in [5.41, 5.74) is 8.90. The van der Waals surface area contributed by atoms with Crippen LogP contribution in [-0.4, -0.2) is 23.9 Å². The second kappa shape index (κ2) is 24.2. The van der Waals surface area contributed by atoms with Gasteiger partial charge in [0, 0.05) is 12.8 Å². The number of amides is 1. The lowest BCUT2D eigenvalue weighted by Gasteiger charge is -2.11. The molecule has 1 amide bonds. The van der Waals surface area contributed by atoms with E-state index in [0.29, 0.717) is 12.8 Å². The number of benzene rings is 1. The van der Waals surface area contributed by atoms with Gasteiger partial charge >= 0.3 is 11.9 Å². The maximum atomic E-state index is 11.9. The lowest BCUT2D eigenvalue weighted by atomic mass is 10.0. The molecular formula is C29H49ClN2O5. The van der Waals surface area contributed by atoms with Crippen LogP contribution in [0.1, 0.15) is 122 Å². The molecule has 7 nitrogen and oxygen atoms in total. The van der Waals surface area contributed by atoms with E-state index in [1.807, 2.05) is 30.3 Å². The lowest BCUT2D eigenvalue weighted by Crippen LogP contribution is -2.37. The van der Waals surface area contributed by atoms with Crippen LogP contribution in [0.4, 0.5) is 0 Å². The summed E-state index contributed by atoms with van der Waals surface area (Å²) in [5, 5.41) is 0. The maximum Gasteiger partial charge on any atom is 0.348 e. The first-order valence-corrected chi connectivity index (χ1v) is 14.0. The third kappa shape index (κ3) is 20.6. The van der Waals surface area contributed by atoms with Crippen molar-refractivity contribution < 1.29 is 24.0 Å². The predicted octanol–water partition coefficient (Wildman–Crippen LogP) is 6.70. The second-order valence-electron chi connectivity index (χ2n) is 9.58. The van der Waals surface area contributed by atoms with Crippen LogP contribution in [0, 0.1) is 0 Å². The van der Waals surface area contributed by atoms with Crippen molar-refractivity contribution in [1.29, 1.82) is 0 Å². The van der Waals surface area contributed by atoms with Crippen molar-refractivity contribution >= 4 is 30.3 Å². The molecule has 0 aromatic heterocycles. The molecule has 37 heavy (non-hydrogen) atoms. The molecule has 1 aromatic rings. The van der Waals surface area contributed by atoms with Crippen LogP contribution in [0.25, 0.3) is 0 Å². The van der Waals surface area contributed by atoms with Crippen molar-refractivity contribution in [2.45, 2.75) is 129 Å². The highest BCUT2D eigenvalue weighted by atomic mass is 35.5. The van der Waals surface area contributed by atoms with Crippen molar-refractivity contribution in [1.82, 2.24) is 5.48 Å². The van der Waals surface area contributed by atoms with Crippen molar-refractivity contribution in [2.75, 3.05) is 0 Å². The van der Waals surface area contributed by atoms with Gasteiger partial charge in [-0.3, -0.25) is 9.59 Å². The molecule has 0 aliphatic carbocycles. The minimum atomic E-state index is -0.899. The number of hydroxylamine groups is 1. The van der Waals surface area contributed by atoms with Gasteiger partial charge < -0.3 is 15.3 Å². The Balaban J connectivity index is 0.0000130. The molecule has 0 aliphatic rings. The molecule has 212 valence electrons. The monoisotopic (exact) mass is 540 g/mol. The van der Waals surface area contributed by atoms with Crippen LogP contribution in [0.2, 0.25) is 0 Å². The highest BCUT2D eigenvalue weighted by Crippen LogP contribution is 2.13. The Morgan fingerprint density at radius 2 is 1.32 bits per heavy atom. The summed E-state index contributed by atoms with van der Waals surface area (Å²) >= 11 is 0. The van der Waals surface area contributed by atoms with E-state index in [9.17, 15) is 14.4 Å². The molecule has 0 spiro atoms. The minimum absolute atomic E-state index is 0. The van der Waals surface area contributed by atoms with Crippen LogP contribution < -0.4 is 11.2 Å². The minimum Gasteiger partial charge on any atom is -0.461 e. The Bertz CT molecular complexity index is 718. The lowest BCUT2D eigenvalue weighted by molar-refractivity contribution is -0.159. The number of hydrogen-bond acceptors (Lipinski definition) is 6. The largest absolute Gasteiger partial charge is 0.461 e. The molecule has 1 atom stereocenters. The molecule has 0 saturated carbocycles. The average molecular weight is 541 g/mol. The van der Waals surface area contributed by atoms with Crippen molar-refractivity contribution in [3.63, 3.8) is 0 Å². The van der Waals surface area contributed by atoms with Crippen molar-refractivity contribution in [3.8, 4) is 0 Å². The number of carbonyl (C=O) groups excluding carboxylic acids is 3. The molecule has 0 aliphatic heterocycles. The molecule has 1 rings (SSSR count). The first kappa shape index (κ1) is 34.9. The van der Waals surface area contributed by atoms with E-state index in [0.717, 1.165) is 24.8 Å². The molecule has 3 N–H and O–H groups in total. The summed E-state index contributed by atoms with van der Waals surface area (Å²) < 4.78 is 5.20. The number of nitrogens with one attached hydrogen (secondary N) is 1. The average Bonchev–Trinajstić information content (AvgIpc) is 2.89. The summed E-state index contributed by atoms with van der Waals surface area (Å²) in [6, 6.07) is 8.52. The van der Waals surface area contributed by atoms with Crippen molar-refractivity contribution in [2.24, 2.45) is 5.73 Å². The third-order valence-electron chi connectivity index (χ3n) is 6.21. The smallest absolute Gasteiger partial charge is 0.348 e. The number of hydrogen-bond donors (Lipinski definition) is 2. The number of rotatable bonds is 21. The summed E-state index contributed by atoms with van der Waals surface area (Å²) in [6.45, 7) is 2.47. The van der Waals surface area contributed by atoms with Crippen molar-refractivity contribution in [3.05, 3.63) is 35.9 Å². The van der Waals surface area contributed by atoms with E-state index in [-0.39, 0.29) is 43.7 Å². The van der Waals surface area contributed by atoms with Gasteiger partial charge in [0.2, 0.25) is 0 Å². The number of ether oxygens (including phenoxy) is 1. The van der Waals surface area contributed by atoms with Gasteiger partial charge in [0.05, 0.1) is 0 Å². The summed E-state index contributed by atoms with van der Waals surface area (Å²) in [5.74, 6) is -1.36. The molecule has 0 heterocycles.